The molecule has 1 saturated heterocycles. The number of nitrogens with two attached hydrogens (primary N) is 1. The van der Waals surface area contributed by atoms with Gasteiger partial charge in [0.05, 0.1) is 11.5 Å². The van der Waals surface area contributed by atoms with Crippen LogP contribution in [0.4, 0.5) is 33.7 Å². The minimum atomic E-state index is -0.544. The van der Waals surface area contributed by atoms with E-state index >= 15 is 0 Å². The Hall–Kier alpha value is -3.74. The number of nitrogens with one attached hydrogen (secondary N) is 2. The van der Waals surface area contributed by atoms with Gasteiger partial charge in [0, 0.05) is 55.2 Å². The number of thiazole rings is 1. The molecule has 4 rings (SSSR count). The number of anilines is 5. The number of hydrogen-bond acceptors (Lipinski definition) is 11. The van der Waals surface area contributed by atoms with Gasteiger partial charge in [-0.15, -0.1) is 0 Å². The van der Waals surface area contributed by atoms with Crippen molar-refractivity contribution >= 4 is 50.8 Å². The number of nitrogens with zero attached hydrogens (tertiary/aromatic N) is 4. The van der Waals surface area contributed by atoms with Crippen molar-refractivity contribution in [3.8, 4) is 0 Å². The van der Waals surface area contributed by atoms with Gasteiger partial charge in [-0.1, -0.05) is 25.2 Å². The van der Waals surface area contributed by atoms with Crippen molar-refractivity contribution < 1.29 is 14.8 Å². The molecule has 11 nitrogen and oxygen atoms in total. The molecular formula is C27H35N7O4S. The van der Waals surface area contributed by atoms with E-state index in [-0.39, 0.29) is 40.3 Å². The summed E-state index contributed by atoms with van der Waals surface area (Å²) in [6.45, 7) is 7.86. The average Bonchev–Trinajstić information content (AvgIpc) is 3.28. The number of benzene rings is 2. The number of carbonyl (C=O) groups excluding carboxylic acids is 1. The summed E-state index contributed by atoms with van der Waals surface area (Å²) in [5, 5.41) is 28.1. The maximum absolute atomic E-state index is 13.3. The summed E-state index contributed by atoms with van der Waals surface area (Å²) >= 11 is 1.10. The van der Waals surface area contributed by atoms with Gasteiger partial charge < -0.3 is 31.3 Å². The second-order valence-electron chi connectivity index (χ2n) is 10.2. The number of nitrogen functional groups attached to an aromatic ring is 1. The molecule has 0 bridgehead atoms. The van der Waals surface area contributed by atoms with E-state index in [1.807, 2.05) is 38.1 Å². The summed E-state index contributed by atoms with van der Waals surface area (Å²) < 4.78 is 0. The van der Waals surface area contributed by atoms with E-state index in [1.54, 1.807) is 0 Å². The summed E-state index contributed by atoms with van der Waals surface area (Å²) in [6.07, 6.45) is 0.639. The molecule has 1 unspecified atom stereocenters. The van der Waals surface area contributed by atoms with Crippen LogP contribution in [0.1, 0.15) is 35.5 Å². The Morgan fingerprint density at radius 2 is 1.87 bits per heavy atom. The SMILES string of the molecule is CC(C)CC(CO)Nc1ccc(C(=O)c2sc(Nc3ccc(N4CCN(C)CC4)cc3)nc2N)cc1[N+](=O)[O-]. The second-order valence-corrected chi connectivity index (χ2v) is 11.2. The van der Waals surface area contributed by atoms with Crippen LogP contribution >= 0.6 is 11.3 Å². The first-order chi connectivity index (χ1) is 18.6. The Bertz CT molecular complexity index is 1300. The lowest BCUT2D eigenvalue weighted by molar-refractivity contribution is -0.384. The molecule has 0 spiro atoms. The van der Waals surface area contributed by atoms with Crippen LogP contribution in [-0.2, 0) is 0 Å². The average molecular weight is 554 g/mol. The smallest absolute Gasteiger partial charge is 0.293 e. The second kappa shape index (κ2) is 12.4. The molecule has 1 fully saturated rings. The molecule has 0 aliphatic carbocycles. The zero-order valence-electron chi connectivity index (χ0n) is 22.4. The van der Waals surface area contributed by atoms with Gasteiger partial charge in [0.2, 0.25) is 5.78 Å². The fourth-order valence-corrected chi connectivity index (χ4v) is 5.40. The van der Waals surface area contributed by atoms with E-state index in [0.717, 1.165) is 48.9 Å². The molecule has 1 aromatic heterocycles. The number of likely N-dealkylation sites (N-methyl/N-ethyl adjacent to an activating group) is 1. The van der Waals surface area contributed by atoms with Gasteiger partial charge in [0.1, 0.15) is 16.4 Å². The number of nitro benzene ring substituents is 1. The van der Waals surface area contributed by atoms with Gasteiger partial charge in [-0.2, -0.15) is 0 Å². The maximum atomic E-state index is 13.3. The van der Waals surface area contributed by atoms with Crippen molar-refractivity contribution in [1.82, 2.24) is 9.88 Å². The first-order valence-electron chi connectivity index (χ1n) is 12.9. The van der Waals surface area contributed by atoms with Crippen LogP contribution in [0.15, 0.2) is 42.5 Å². The molecular weight excluding hydrogens is 518 g/mol. The Morgan fingerprint density at radius 1 is 1.18 bits per heavy atom. The van der Waals surface area contributed by atoms with Crippen molar-refractivity contribution in [2.75, 3.05) is 61.1 Å². The Kier molecular flexibility index (Phi) is 9.00. The number of aromatic nitrogens is 1. The fourth-order valence-electron chi connectivity index (χ4n) is 4.54. The number of ketones is 1. The number of nitro groups is 1. The molecule has 2 aromatic carbocycles. The number of rotatable bonds is 11. The lowest BCUT2D eigenvalue weighted by Crippen LogP contribution is -2.44. The minimum Gasteiger partial charge on any atom is -0.394 e. The number of aliphatic hydroxyl groups excluding tert-OH is 1. The van der Waals surface area contributed by atoms with Gasteiger partial charge in [0.15, 0.2) is 5.13 Å². The highest BCUT2D eigenvalue weighted by Gasteiger charge is 2.24. The highest BCUT2D eigenvalue weighted by molar-refractivity contribution is 7.18. The summed E-state index contributed by atoms with van der Waals surface area (Å²) in [5.74, 6) is -0.0933. The Labute approximate surface area is 231 Å². The summed E-state index contributed by atoms with van der Waals surface area (Å²) in [5.41, 5.74) is 8.17. The van der Waals surface area contributed by atoms with Crippen LogP contribution in [0.2, 0.25) is 0 Å². The molecule has 5 N–H and O–H groups in total. The van der Waals surface area contributed by atoms with E-state index in [1.165, 1.54) is 18.2 Å². The number of hydrogen-bond donors (Lipinski definition) is 4. The number of carbonyl (C=O) groups is 1. The van der Waals surface area contributed by atoms with Gasteiger partial charge in [-0.3, -0.25) is 14.9 Å². The number of piperazine rings is 1. The lowest BCUT2D eigenvalue weighted by atomic mass is 10.0. The van der Waals surface area contributed by atoms with Gasteiger partial charge in [0.25, 0.3) is 5.69 Å². The molecule has 1 aliphatic rings. The van der Waals surface area contributed by atoms with Crippen LogP contribution in [0.25, 0.3) is 0 Å². The minimum absolute atomic E-state index is 0.0590. The van der Waals surface area contributed by atoms with Crippen molar-refractivity contribution in [3.05, 3.63) is 63.0 Å². The van der Waals surface area contributed by atoms with Crippen molar-refractivity contribution in [1.29, 1.82) is 0 Å². The lowest BCUT2D eigenvalue weighted by Gasteiger charge is -2.34. The predicted octanol–water partition coefficient (Wildman–Crippen LogP) is 4.18. The van der Waals surface area contributed by atoms with Crippen LogP contribution in [-0.4, -0.2) is 71.6 Å². The Morgan fingerprint density at radius 3 is 2.49 bits per heavy atom. The van der Waals surface area contributed by atoms with Crippen LogP contribution < -0.4 is 21.3 Å². The third kappa shape index (κ3) is 7.02. The van der Waals surface area contributed by atoms with E-state index < -0.39 is 10.7 Å². The molecule has 0 saturated carbocycles. The molecule has 0 radical (unpaired) electrons. The fraction of sp³-hybridized carbons (Fsp3) is 0.407. The molecule has 208 valence electrons. The summed E-state index contributed by atoms with van der Waals surface area (Å²) in [6, 6.07) is 11.9. The Balaban J connectivity index is 1.48. The van der Waals surface area contributed by atoms with Crippen molar-refractivity contribution in [2.45, 2.75) is 26.3 Å². The molecule has 39 heavy (non-hydrogen) atoms. The van der Waals surface area contributed by atoms with Gasteiger partial charge >= 0.3 is 0 Å². The third-order valence-corrected chi connectivity index (χ3v) is 7.62. The standard InChI is InChI=1S/C27H35N7O4S/c1-17(2)14-20(16-35)29-22-9-4-18(15-23(22)34(37)38)24(36)25-26(28)31-27(39-25)30-19-5-7-21(8-6-19)33-12-10-32(3)11-13-33/h4-9,15,17,20,29,35H,10-14,16,28H2,1-3H3,(H,30,31). The van der Waals surface area contributed by atoms with E-state index in [2.05, 4.69) is 32.5 Å². The van der Waals surface area contributed by atoms with Crippen molar-refractivity contribution in [2.24, 2.45) is 5.92 Å². The highest BCUT2D eigenvalue weighted by Crippen LogP contribution is 2.33. The van der Waals surface area contributed by atoms with Crippen LogP contribution in [0.5, 0.6) is 0 Å². The van der Waals surface area contributed by atoms with E-state index in [4.69, 9.17) is 5.73 Å². The quantitative estimate of drug-likeness (QED) is 0.155. The highest BCUT2D eigenvalue weighted by atomic mass is 32.1. The zero-order valence-corrected chi connectivity index (χ0v) is 23.2. The zero-order chi connectivity index (χ0) is 28.1. The predicted molar refractivity (Wildman–Crippen MR) is 156 cm³/mol. The van der Waals surface area contributed by atoms with Crippen molar-refractivity contribution in [3.63, 3.8) is 0 Å². The van der Waals surface area contributed by atoms with E-state index in [9.17, 15) is 20.0 Å². The van der Waals surface area contributed by atoms with Gasteiger partial charge in [-0.05, 0) is 55.8 Å². The first kappa shape index (κ1) is 28.3. The maximum Gasteiger partial charge on any atom is 0.293 e. The largest absolute Gasteiger partial charge is 0.394 e. The summed E-state index contributed by atoms with van der Waals surface area (Å²) in [7, 11) is 2.12. The molecule has 1 atom stereocenters. The van der Waals surface area contributed by atoms with Gasteiger partial charge in [-0.25, -0.2) is 4.98 Å². The molecule has 2 heterocycles. The normalized spacial score (nSPS) is 14.8. The third-order valence-electron chi connectivity index (χ3n) is 6.64. The molecule has 1 aliphatic heterocycles. The molecule has 12 heteroatoms. The van der Waals surface area contributed by atoms with Crippen LogP contribution in [0.3, 0.4) is 0 Å². The molecule has 0 amide bonds. The summed E-state index contributed by atoms with van der Waals surface area (Å²) in [4.78, 5) is 33.6. The molecule has 3 aromatic rings. The monoisotopic (exact) mass is 553 g/mol. The first-order valence-corrected chi connectivity index (χ1v) is 13.7. The topological polar surface area (TPSA) is 150 Å². The number of aliphatic hydroxyl groups is 1. The van der Waals surface area contributed by atoms with Crippen LogP contribution in [0, 0.1) is 16.0 Å². The van der Waals surface area contributed by atoms with E-state index in [0.29, 0.717) is 17.5 Å².